The van der Waals surface area contributed by atoms with E-state index in [0.29, 0.717) is 0 Å². The number of nitrogens with zero attached hydrogens (tertiary/aromatic N) is 1. The van der Waals surface area contributed by atoms with Crippen LogP contribution in [0, 0.1) is 0 Å². The Labute approximate surface area is 163 Å². The topological polar surface area (TPSA) is 50.8 Å². The molecule has 28 heavy (non-hydrogen) atoms. The number of carbonyl (C=O) groups is 1. The van der Waals surface area contributed by atoms with Crippen LogP contribution in [0.1, 0.15) is 24.5 Å². The summed E-state index contributed by atoms with van der Waals surface area (Å²) in [5.74, 6) is 0.0624. The van der Waals surface area contributed by atoms with Gasteiger partial charge in [-0.1, -0.05) is 24.3 Å². The molecule has 0 fully saturated rings. The largest absolute Gasteiger partial charge is 0.493 e. The van der Waals surface area contributed by atoms with Crippen molar-refractivity contribution in [2.24, 2.45) is 0 Å². The van der Waals surface area contributed by atoms with Crippen LogP contribution in [0.2, 0.25) is 0 Å². The summed E-state index contributed by atoms with van der Waals surface area (Å²) in [6.45, 7) is -0.264. The van der Waals surface area contributed by atoms with Crippen LogP contribution in [0.3, 0.4) is 0 Å². The maximum atomic E-state index is 12.5. The number of ether oxygens (including phenoxy) is 2. The van der Waals surface area contributed by atoms with Gasteiger partial charge in [-0.2, -0.15) is 8.78 Å². The molecule has 0 bridgehead atoms. The van der Waals surface area contributed by atoms with E-state index in [4.69, 9.17) is 4.74 Å². The highest BCUT2D eigenvalue weighted by Gasteiger charge is 2.24. The van der Waals surface area contributed by atoms with Crippen molar-refractivity contribution in [3.05, 3.63) is 53.6 Å². The molecule has 1 heterocycles. The average molecular weight is 390 g/mol. The number of aryl methyl sites for hydroxylation is 1. The highest BCUT2D eigenvalue weighted by molar-refractivity contribution is 5.82. The summed E-state index contributed by atoms with van der Waals surface area (Å²) in [7, 11) is 1.38. The lowest BCUT2D eigenvalue weighted by Crippen LogP contribution is -2.44. The van der Waals surface area contributed by atoms with Crippen molar-refractivity contribution < 1.29 is 23.0 Å². The summed E-state index contributed by atoms with van der Waals surface area (Å²) in [6, 6.07) is 13.0. The number of carbonyl (C=O) groups excluding carboxylic acids is 1. The number of amides is 1. The van der Waals surface area contributed by atoms with Crippen molar-refractivity contribution in [1.82, 2.24) is 5.32 Å². The Hall–Kier alpha value is -2.83. The summed E-state index contributed by atoms with van der Waals surface area (Å²) in [5, 5.41) is 2.88. The van der Waals surface area contributed by atoms with E-state index in [0.717, 1.165) is 24.1 Å². The fraction of sp³-hybridized carbons (Fsp3) is 0.381. The molecule has 2 aromatic rings. The molecule has 0 radical (unpaired) electrons. The van der Waals surface area contributed by atoms with Crippen molar-refractivity contribution >= 4 is 11.6 Å². The molecule has 0 spiro atoms. The molecule has 0 aliphatic carbocycles. The second kappa shape index (κ2) is 8.91. The molecule has 0 saturated heterocycles. The number of hydrogen-bond acceptors (Lipinski definition) is 4. The molecule has 1 aliphatic heterocycles. The Balaban J connectivity index is 1.62. The monoisotopic (exact) mass is 390 g/mol. The first-order valence-corrected chi connectivity index (χ1v) is 9.21. The third-order valence-electron chi connectivity index (χ3n) is 4.91. The van der Waals surface area contributed by atoms with Gasteiger partial charge >= 0.3 is 6.61 Å². The highest BCUT2D eigenvalue weighted by atomic mass is 19.3. The van der Waals surface area contributed by atoms with E-state index < -0.39 is 6.61 Å². The average Bonchev–Trinajstić information content (AvgIpc) is 2.69. The van der Waals surface area contributed by atoms with Gasteiger partial charge in [-0.05, 0) is 49.1 Å². The van der Waals surface area contributed by atoms with Gasteiger partial charge in [0.2, 0.25) is 5.91 Å². The van der Waals surface area contributed by atoms with Crippen molar-refractivity contribution in [1.29, 1.82) is 0 Å². The standard InChI is InChI=1S/C21H24F2N2O3/c1-14-7-9-16-5-3-4-6-17(16)25(14)13-20(26)24-12-15-8-10-18(28-21(22)23)19(11-15)27-2/h3-6,8,10-11,14,21H,7,9,12-13H2,1-2H3,(H,24,26). The van der Waals surface area contributed by atoms with Gasteiger partial charge in [0.15, 0.2) is 11.5 Å². The number of anilines is 1. The lowest BCUT2D eigenvalue weighted by atomic mass is 9.96. The van der Waals surface area contributed by atoms with Gasteiger partial charge in [-0.25, -0.2) is 0 Å². The quantitative estimate of drug-likeness (QED) is 0.782. The summed E-state index contributed by atoms with van der Waals surface area (Å²) in [4.78, 5) is 14.6. The number of alkyl halides is 2. The van der Waals surface area contributed by atoms with Gasteiger partial charge in [0.05, 0.1) is 13.7 Å². The predicted molar refractivity (Wildman–Crippen MR) is 103 cm³/mol. The number of hydrogen-bond donors (Lipinski definition) is 1. The van der Waals surface area contributed by atoms with E-state index in [1.807, 2.05) is 18.2 Å². The number of benzene rings is 2. The first-order valence-electron chi connectivity index (χ1n) is 9.21. The predicted octanol–water partition coefficient (Wildman–Crippen LogP) is 3.75. The minimum atomic E-state index is -2.92. The zero-order valence-corrected chi connectivity index (χ0v) is 16.0. The zero-order valence-electron chi connectivity index (χ0n) is 16.0. The summed E-state index contributed by atoms with van der Waals surface area (Å²) in [5.41, 5.74) is 3.10. The van der Waals surface area contributed by atoms with Gasteiger partial charge in [0.25, 0.3) is 0 Å². The van der Waals surface area contributed by atoms with Gasteiger partial charge in [-0.3, -0.25) is 4.79 Å². The first-order chi connectivity index (χ1) is 13.5. The zero-order chi connectivity index (χ0) is 20.1. The summed E-state index contributed by atoms with van der Waals surface area (Å²) < 4.78 is 34.3. The van der Waals surface area contributed by atoms with E-state index in [1.54, 1.807) is 12.1 Å². The molecule has 1 atom stereocenters. The number of para-hydroxylation sites is 1. The summed E-state index contributed by atoms with van der Waals surface area (Å²) in [6.07, 6.45) is 2.02. The first kappa shape index (κ1) is 19.9. The van der Waals surface area contributed by atoms with E-state index in [2.05, 4.69) is 27.9 Å². The molecule has 1 amide bonds. The fourth-order valence-corrected chi connectivity index (χ4v) is 3.43. The number of fused-ring (bicyclic) bond motifs is 1. The lowest BCUT2D eigenvalue weighted by molar-refractivity contribution is -0.120. The maximum absolute atomic E-state index is 12.5. The van der Waals surface area contributed by atoms with E-state index in [-0.39, 0.29) is 36.5 Å². The van der Waals surface area contributed by atoms with Crippen LogP contribution in [0.4, 0.5) is 14.5 Å². The minimum absolute atomic E-state index is 0.0358. The number of halogens is 2. The maximum Gasteiger partial charge on any atom is 0.387 e. The van der Waals surface area contributed by atoms with Crippen molar-refractivity contribution in [3.8, 4) is 11.5 Å². The van der Waals surface area contributed by atoms with Crippen LogP contribution < -0.4 is 19.7 Å². The van der Waals surface area contributed by atoms with Crippen LogP contribution in [0.25, 0.3) is 0 Å². The minimum Gasteiger partial charge on any atom is -0.493 e. The summed E-state index contributed by atoms with van der Waals surface area (Å²) >= 11 is 0. The molecule has 1 unspecified atom stereocenters. The molecular weight excluding hydrogens is 366 g/mol. The van der Waals surface area contributed by atoms with Crippen LogP contribution in [0.15, 0.2) is 42.5 Å². The fourth-order valence-electron chi connectivity index (χ4n) is 3.43. The third-order valence-corrected chi connectivity index (χ3v) is 4.91. The Morgan fingerprint density at radius 2 is 2.04 bits per heavy atom. The van der Waals surface area contributed by atoms with Crippen LogP contribution in [-0.2, 0) is 17.8 Å². The molecular formula is C21H24F2N2O3. The smallest absolute Gasteiger partial charge is 0.387 e. The van der Waals surface area contributed by atoms with Gasteiger partial charge < -0.3 is 19.7 Å². The molecule has 150 valence electrons. The van der Waals surface area contributed by atoms with Crippen molar-refractivity contribution in [3.63, 3.8) is 0 Å². The Morgan fingerprint density at radius 1 is 1.25 bits per heavy atom. The van der Waals surface area contributed by atoms with Crippen LogP contribution in [-0.4, -0.2) is 32.2 Å². The van der Waals surface area contributed by atoms with Crippen molar-refractivity contribution in [2.75, 3.05) is 18.6 Å². The molecule has 7 heteroatoms. The lowest BCUT2D eigenvalue weighted by Gasteiger charge is -2.36. The SMILES string of the molecule is COc1cc(CNC(=O)CN2c3ccccc3CCC2C)ccc1OC(F)F. The van der Waals surface area contributed by atoms with E-state index in [1.165, 1.54) is 18.7 Å². The molecule has 2 aromatic carbocycles. The normalized spacial score (nSPS) is 15.9. The van der Waals surface area contributed by atoms with Crippen molar-refractivity contribution in [2.45, 2.75) is 39.0 Å². The number of nitrogens with one attached hydrogen (secondary N) is 1. The van der Waals surface area contributed by atoms with E-state index in [9.17, 15) is 13.6 Å². The van der Waals surface area contributed by atoms with Gasteiger partial charge in [0.1, 0.15) is 0 Å². The highest BCUT2D eigenvalue weighted by Crippen LogP contribution is 2.31. The Bertz CT molecular complexity index is 829. The molecule has 3 rings (SSSR count). The second-order valence-corrected chi connectivity index (χ2v) is 6.78. The molecule has 0 aromatic heterocycles. The number of methoxy groups -OCH3 is 1. The second-order valence-electron chi connectivity index (χ2n) is 6.78. The Kier molecular flexibility index (Phi) is 6.34. The van der Waals surface area contributed by atoms with E-state index >= 15 is 0 Å². The van der Waals surface area contributed by atoms with Gasteiger partial charge in [0, 0.05) is 18.3 Å². The van der Waals surface area contributed by atoms with Gasteiger partial charge in [-0.15, -0.1) is 0 Å². The molecule has 5 nitrogen and oxygen atoms in total. The Morgan fingerprint density at radius 3 is 2.79 bits per heavy atom. The molecule has 1 aliphatic rings. The number of rotatable bonds is 7. The third kappa shape index (κ3) is 4.71. The van der Waals surface area contributed by atoms with Crippen LogP contribution in [0.5, 0.6) is 11.5 Å². The molecule has 1 N–H and O–H groups in total. The molecule has 0 saturated carbocycles. The van der Waals surface area contributed by atoms with Crippen LogP contribution >= 0.6 is 0 Å².